The lowest BCUT2D eigenvalue weighted by atomic mass is 9.91. The van der Waals surface area contributed by atoms with Gasteiger partial charge in [-0.25, -0.2) is 4.99 Å². The second-order valence-electron chi connectivity index (χ2n) is 10.0. The van der Waals surface area contributed by atoms with Crippen LogP contribution in [-0.2, 0) is 29.0 Å². The molecule has 0 fully saturated rings. The molecule has 2 aliphatic rings. The van der Waals surface area contributed by atoms with Gasteiger partial charge in [0, 0.05) is 37.1 Å². The molecule has 0 unspecified atom stereocenters. The summed E-state index contributed by atoms with van der Waals surface area (Å²) in [6.07, 6.45) is 0.987. The molecule has 0 saturated carbocycles. The number of aromatic nitrogens is 2. The van der Waals surface area contributed by atoms with Crippen LogP contribution in [0.4, 0.5) is 0 Å². The highest BCUT2D eigenvalue weighted by Gasteiger charge is 2.48. The highest BCUT2D eigenvalue weighted by molar-refractivity contribution is 6.00. The maximum absolute atomic E-state index is 14.2. The van der Waals surface area contributed by atoms with Gasteiger partial charge in [0.15, 0.2) is 11.4 Å². The van der Waals surface area contributed by atoms with E-state index in [0.717, 1.165) is 28.0 Å². The van der Waals surface area contributed by atoms with E-state index in [-0.39, 0.29) is 25.7 Å². The van der Waals surface area contributed by atoms with Gasteiger partial charge in [0.2, 0.25) is 5.90 Å². The third kappa shape index (κ3) is 5.51. The van der Waals surface area contributed by atoms with Gasteiger partial charge in [-0.15, -0.1) is 0 Å². The Morgan fingerprint density at radius 3 is 2.46 bits per heavy atom. The molecule has 3 aromatic carbocycles. The lowest BCUT2D eigenvalue weighted by Gasteiger charge is -2.27. The number of benzene rings is 3. The molecule has 1 atom stereocenters. The standard InChI is InChI=1S/C31H30N4O6/c1-38-25-11-7-21(8-12-25)28-32-27(34-41-28)19-35-18-24-6-3-2-5-23(24)17-31(30(35)37)20-40-29(33-31)22-9-13-26(14-10-22)39-16-4-15-36/h2-3,5-14,36H,4,15-20H2,1H3/t31-/m1/s1. The molecule has 10 nitrogen and oxygen atoms in total. The Labute approximate surface area is 237 Å². The van der Waals surface area contributed by atoms with Crippen LogP contribution < -0.4 is 9.47 Å². The predicted octanol–water partition coefficient (Wildman–Crippen LogP) is 3.81. The van der Waals surface area contributed by atoms with Crippen molar-refractivity contribution in [3.63, 3.8) is 0 Å². The number of aliphatic hydroxyl groups excluding tert-OH is 1. The van der Waals surface area contributed by atoms with Gasteiger partial charge >= 0.3 is 0 Å². The first-order chi connectivity index (χ1) is 20.1. The van der Waals surface area contributed by atoms with Crippen molar-refractivity contribution < 1.29 is 28.6 Å². The number of amides is 1. The van der Waals surface area contributed by atoms with Gasteiger partial charge in [0.1, 0.15) is 18.1 Å². The number of carbonyl (C=O) groups is 1. The number of nitrogens with zero attached hydrogens (tertiary/aromatic N) is 4. The fraction of sp³-hybridized carbons (Fsp3) is 0.290. The van der Waals surface area contributed by atoms with Crippen molar-refractivity contribution in [2.45, 2.75) is 31.5 Å². The second kappa shape index (κ2) is 11.4. The van der Waals surface area contributed by atoms with Gasteiger partial charge in [-0.05, 0) is 59.7 Å². The summed E-state index contributed by atoms with van der Waals surface area (Å²) in [5.41, 5.74) is 2.51. The molecule has 0 aliphatic carbocycles. The maximum Gasteiger partial charge on any atom is 0.257 e. The molecule has 4 aromatic rings. The van der Waals surface area contributed by atoms with Gasteiger partial charge in [0.05, 0.1) is 20.3 Å². The van der Waals surface area contributed by atoms with Gasteiger partial charge in [0.25, 0.3) is 11.8 Å². The Kier molecular flexibility index (Phi) is 7.39. The van der Waals surface area contributed by atoms with E-state index in [9.17, 15) is 4.79 Å². The molecule has 0 bridgehead atoms. The Bertz CT molecular complexity index is 1550. The van der Waals surface area contributed by atoms with E-state index < -0.39 is 5.54 Å². The van der Waals surface area contributed by atoms with E-state index in [4.69, 9.17) is 28.8 Å². The molecule has 0 radical (unpaired) electrons. The van der Waals surface area contributed by atoms with Crippen LogP contribution in [-0.4, -0.2) is 64.4 Å². The zero-order valence-corrected chi connectivity index (χ0v) is 22.7. The van der Waals surface area contributed by atoms with E-state index in [1.807, 2.05) is 72.8 Å². The fourth-order valence-corrected chi connectivity index (χ4v) is 5.06. The smallest absolute Gasteiger partial charge is 0.257 e. The summed E-state index contributed by atoms with van der Waals surface area (Å²) in [5, 5.41) is 13.1. The summed E-state index contributed by atoms with van der Waals surface area (Å²) in [6, 6.07) is 22.7. The van der Waals surface area contributed by atoms with Gasteiger partial charge < -0.3 is 28.7 Å². The highest BCUT2D eigenvalue weighted by atomic mass is 16.5. The molecule has 1 N–H and O–H groups in total. The molecule has 10 heteroatoms. The largest absolute Gasteiger partial charge is 0.497 e. The number of methoxy groups -OCH3 is 1. The van der Waals surface area contributed by atoms with E-state index in [1.165, 1.54) is 0 Å². The van der Waals surface area contributed by atoms with Crippen LogP contribution in [0.2, 0.25) is 0 Å². The van der Waals surface area contributed by atoms with E-state index in [1.54, 1.807) is 12.0 Å². The number of hydrogen-bond acceptors (Lipinski definition) is 9. The van der Waals surface area contributed by atoms with Crippen LogP contribution in [0.3, 0.4) is 0 Å². The summed E-state index contributed by atoms with van der Waals surface area (Å²) in [7, 11) is 1.61. The monoisotopic (exact) mass is 554 g/mol. The minimum absolute atomic E-state index is 0.0789. The minimum atomic E-state index is -1.11. The summed E-state index contributed by atoms with van der Waals surface area (Å²) in [6.45, 7) is 1.20. The minimum Gasteiger partial charge on any atom is -0.497 e. The Balaban J connectivity index is 1.26. The number of rotatable bonds is 9. The van der Waals surface area contributed by atoms with Crippen molar-refractivity contribution in [1.29, 1.82) is 0 Å². The molecule has 41 heavy (non-hydrogen) atoms. The van der Waals surface area contributed by atoms with Crippen LogP contribution in [0.5, 0.6) is 11.5 Å². The number of carbonyl (C=O) groups excluding carboxylic acids is 1. The van der Waals surface area contributed by atoms with Crippen LogP contribution in [0.1, 0.15) is 28.9 Å². The molecule has 210 valence electrons. The lowest BCUT2D eigenvalue weighted by Crippen LogP contribution is -2.48. The first-order valence-electron chi connectivity index (χ1n) is 13.5. The normalized spacial score (nSPS) is 18.0. The zero-order valence-electron chi connectivity index (χ0n) is 22.7. The summed E-state index contributed by atoms with van der Waals surface area (Å²) in [5.74, 6) is 2.46. The third-order valence-electron chi connectivity index (χ3n) is 7.22. The summed E-state index contributed by atoms with van der Waals surface area (Å²) < 4.78 is 22.4. The average molecular weight is 555 g/mol. The Morgan fingerprint density at radius 2 is 1.71 bits per heavy atom. The predicted molar refractivity (Wildman–Crippen MR) is 150 cm³/mol. The highest BCUT2D eigenvalue weighted by Crippen LogP contribution is 2.34. The summed E-state index contributed by atoms with van der Waals surface area (Å²) >= 11 is 0. The Hall–Kier alpha value is -4.70. The van der Waals surface area contributed by atoms with Crippen molar-refractivity contribution in [1.82, 2.24) is 15.0 Å². The number of fused-ring (bicyclic) bond motifs is 1. The molecular weight excluding hydrogens is 524 g/mol. The average Bonchev–Trinajstić information content (AvgIpc) is 3.64. The molecule has 0 saturated heterocycles. The van der Waals surface area contributed by atoms with Gasteiger partial charge in [-0.2, -0.15) is 4.98 Å². The first kappa shape index (κ1) is 26.5. The van der Waals surface area contributed by atoms with Crippen molar-refractivity contribution >= 4 is 11.8 Å². The topological polar surface area (TPSA) is 120 Å². The number of aliphatic hydroxyl groups is 1. The third-order valence-corrected chi connectivity index (χ3v) is 7.22. The first-order valence-corrected chi connectivity index (χ1v) is 13.5. The zero-order chi connectivity index (χ0) is 28.2. The molecule has 3 heterocycles. The fourth-order valence-electron chi connectivity index (χ4n) is 5.06. The lowest BCUT2D eigenvalue weighted by molar-refractivity contribution is -0.138. The van der Waals surface area contributed by atoms with E-state index in [0.29, 0.717) is 49.4 Å². The molecule has 6 rings (SSSR count). The van der Waals surface area contributed by atoms with Crippen LogP contribution in [0.25, 0.3) is 11.5 Å². The molecule has 1 aromatic heterocycles. The quantitative estimate of drug-likeness (QED) is 0.310. The van der Waals surface area contributed by atoms with Crippen LogP contribution in [0.15, 0.2) is 82.3 Å². The SMILES string of the molecule is COc1ccc(-c2nc(CN3Cc4ccccc4C[C@@]4(COC(c5ccc(OCCCO)cc5)=N4)C3=O)no2)cc1. The summed E-state index contributed by atoms with van der Waals surface area (Å²) in [4.78, 5) is 25.4. The second-order valence-corrected chi connectivity index (χ2v) is 10.0. The van der Waals surface area contributed by atoms with Gasteiger partial charge in [-0.1, -0.05) is 29.4 Å². The number of ether oxygens (including phenoxy) is 3. The molecule has 1 amide bonds. The molecule has 2 aliphatic heterocycles. The van der Waals surface area contributed by atoms with Crippen LogP contribution in [0, 0.1) is 0 Å². The van der Waals surface area contributed by atoms with E-state index in [2.05, 4.69) is 10.1 Å². The Morgan fingerprint density at radius 1 is 0.976 bits per heavy atom. The van der Waals surface area contributed by atoms with Crippen molar-refractivity contribution in [2.75, 3.05) is 26.9 Å². The van der Waals surface area contributed by atoms with Crippen molar-refractivity contribution in [2.24, 2.45) is 4.99 Å². The van der Waals surface area contributed by atoms with Crippen molar-refractivity contribution in [3.8, 4) is 23.0 Å². The molecular formula is C31H30N4O6. The van der Waals surface area contributed by atoms with Crippen molar-refractivity contribution in [3.05, 3.63) is 95.3 Å². The maximum atomic E-state index is 14.2. The number of hydrogen-bond donors (Lipinski definition) is 1. The van der Waals surface area contributed by atoms with Gasteiger partial charge in [-0.3, -0.25) is 4.79 Å². The van der Waals surface area contributed by atoms with Crippen LogP contribution >= 0.6 is 0 Å². The molecule has 1 spiro atoms. The van der Waals surface area contributed by atoms with E-state index >= 15 is 0 Å². The number of aliphatic imine (C=N–C) groups is 1.